The van der Waals surface area contributed by atoms with Gasteiger partial charge in [0.05, 0.1) is 39.9 Å². The SMILES string of the molecule is CC/C=C\C/C=C\C/C=C\C/C=C\C/C=C\C/C=C\C/C=C\C/C=C\C/C=C\C/C=C\C/C=C\CCCCCCCC(=O)NC(COP(=O)([O-])OCC[N+](C)(C)C)C(O)/C=C/CC/C=C/CC/C=C/CCCCCCCCCCCCCCCCCCCCCC. The minimum absolute atomic E-state index is 0.0222. The molecule has 0 fully saturated rings. The molecule has 0 saturated heterocycles. The van der Waals surface area contributed by atoms with Gasteiger partial charge < -0.3 is 28.8 Å². The average molecular weight is 1280 g/mol. The number of nitrogens with one attached hydrogen (secondary N) is 1. The highest BCUT2D eigenvalue weighted by Gasteiger charge is 2.23. The van der Waals surface area contributed by atoms with Crippen LogP contribution in [0, 0.1) is 0 Å². The van der Waals surface area contributed by atoms with E-state index in [1.165, 1.54) is 135 Å². The number of hydrogen-bond donors (Lipinski definition) is 2. The van der Waals surface area contributed by atoms with Gasteiger partial charge in [-0.2, -0.15) is 0 Å². The second kappa shape index (κ2) is 70.2. The lowest BCUT2D eigenvalue weighted by molar-refractivity contribution is -0.870. The molecule has 3 unspecified atom stereocenters. The van der Waals surface area contributed by atoms with Gasteiger partial charge in [-0.1, -0.05) is 325 Å². The summed E-state index contributed by atoms with van der Waals surface area (Å²) < 4.78 is 23.4. The molecule has 1 amide bonds. The molecule has 0 aromatic rings. The first-order valence-electron chi connectivity index (χ1n) is 37.0. The van der Waals surface area contributed by atoms with Crippen molar-refractivity contribution < 1.29 is 32.9 Å². The lowest BCUT2D eigenvalue weighted by Crippen LogP contribution is -2.45. The Morgan fingerprint density at radius 3 is 1.02 bits per heavy atom. The fourth-order valence-corrected chi connectivity index (χ4v) is 10.7. The Labute approximate surface area is 562 Å². The molecule has 518 valence electrons. The summed E-state index contributed by atoms with van der Waals surface area (Å²) in [4.78, 5) is 25.6. The van der Waals surface area contributed by atoms with Gasteiger partial charge in [-0.15, -0.1) is 0 Å². The third-order valence-corrected chi connectivity index (χ3v) is 16.6. The number of carbonyl (C=O) groups is 1. The van der Waals surface area contributed by atoms with Crippen LogP contribution in [0.3, 0.4) is 0 Å². The summed E-state index contributed by atoms with van der Waals surface area (Å²) in [5.74, 6) is -0.235. The number of aliphatic hydroxyl groups excluding tert-OH is 1. The summed E-state index contributed by atoms with van der Waals surface area (Å²) in [6.07, 6.45) is 111. The Hall–Kier alpha value is -4.14. The van der Waals surface area contributed by atoms with Crippen LogP contribution in [-0.2, 0) is 18.4 Å². The van der Waals surface area contributed by atoms with Crippen molar-refractivity contribution in [2.24, 2.45) is 0 Å². The number of rotatable bonds is 66. The van der Waals surface area contributed by atoms with E-state index in [4.69, 9.17) is 9.05 Å². The summed E-state index contributed by atoms with van der Waals surface area (Å²) in [6, 6.07) is -0.936. The number of quaternary nitrogens is 1. The maximum Gasteiger partial charge on any atom is 0.268 e. The zero-order chi connectivity index (χ0) is 66.2. The Morgan fingerprint density at radius 1 is 0.396 bits per heavy atom. The van der Waals surface area contributed by atoms with Crippen molar-refractivity contribution in [2.45, 2.75) is 302 Å². The zero-order valence-electron chi connectivity index (χ0n) is 59.2. The Kier molecular flexibility index (Phi) is 67.0. The first-order chi connectivity index (χ1) is 44.5. The maximum absolute atomic E-state index is 13.0. The van der Waals surface area contributed by atoms with Crippen molar-refractivity contribution in [3.63, 3.8) is 0 Å². The van der Waals surface area contributed by atoms with Crippen LogP contribution in [0.15, 0.2) is 170 Å². The summed E-state index contributed by atoms with van der Waals surface area (Å²) in [6.45, 7) is 4.50. The van der Waals surface area contributed by atoms with Gasteiger partial charge in [0.1, 0.15) is 13.2 Å². The predicted octanol–water partition coefficient (Wildman–Crippen LogP) is 23.6. The molecule has 0 saturated carbocycles. The molecular formula is C82H139N2O6P. The van der Waals surface area contributed by atoms with Crippen LogP contribution in [0.5, 0.6) is 0 Å². The van der Waals surface area contributed by atoms with E-state index in [0.29, 0.717) is 17.4 Å². The average Bonchev–Trinajstić information content (AvgIpc) is 3.58. The van der Waals surface area contributed by atoms with E-state index >= 15 is 0 Å². The summed E-state index contributed by atoms with van der Waals surface area (Å²) in [7, 11) is 1.20. The second-order valence-corrected chi connectivity index (χ2v) is 27.0. The van der Waals surface area contributed by atoms with Crippen molar-refractivity contribution >= 4 is 13.7 Å². The molecular weight excluding hydrogens is 1140 g/mol. The molecule has 3 atom stereocenters. The van der Waals surface area contributed by atoms with Gasteiger partial charge in [-0.25, -0.2) is 0 Å². The molecule has 0 radical (unpaired) electrons. The number of phosphoric acid groups is 1. The first-order valence-corrected chi connectivity index (χ1v) is 38.5. The van der Waals surface area contributed by atoms with E-state index in [0.717, 1.165) is 135 Å². The molecule has 0 spiro atoms. The minimum Gasteiger partial charge on any atom is -0.756 e. The molecule has 0 bridgehead atoms. The number of hydrogen-bond acceptors (Lipinski definition) is 6. The normalized spacial score (nSPS) is 14.6. The van der Waals surface area contributed by atoms with Crippen LogP contribution in [0.25, 0.3) is 0 Å². The highest BCUT2D eigenvalue weighted by atomic mass is 31.2. The highest BCUT2D eigenvalue weighted by Crippen LogP contribution is 2.38. The van der Waals surface area contributed by atoms with Crippen molar-refractivity contribution in [3.8, 4) is 0 Å². The second-order valence-electron chi connectivity index (χ2n) is 25.5. The number of likely N-dealkylation sites (N-methyl/N-ethyl adjacent to an activating group) is 1. The van der Waals surface area contributed by atoms with Crippen LogP contribution in [0.4, 0.5) is 0 Å². The molecule has 2 N–H and O–H groups in total. The van der Waals surface area contributed by atoms with E-state index in [1.54, 1.807) is 6.08 Å². The van der Waals surface area contributed by atoms with Gasteiger partial charge in [-0.05, 0) is 128 Å². The summed E-state index contributed by atoms with van der Waals surface area (Å²) in [5, 5.41) is 13.9. The summed E-state index contributed by atoms with van der Waals surface area (Å²) in [5.41, 5.74) is 0. The van der Waals surface area contributed by atoms with Crippen LogP contribution in [0.2, 0.25) is 0 Å². The largest absolute Gasteiger partial charge is 0.756 e. The van der Waals surface area contributed by atoms with Crippen molar-refractivity contribution in [3.05, 3.63) is 170 Å². The van der Waals surface area contributed by atoms with Crippen LogP contribution in [0.1, 0.15) is 290 Å². The molecule has 0 aromatic carbocycles. The predicted molar refractivity (Wildman–Crippen MR) is 398 cm³/mol. The van der Waals surface area contributed by atoms with Gasteiger partial charge in [0.2, 0.25) is 5.91 Å². The van der Waals surface area contributed by atoms with Gasteiger partial charge in [-0.3, -0.25) is 9.36 Å². The van der Waals surface area contributed by atoms with Gasteiger partial charge >= 0.3 is 0 Å². The standard InChI is InChI=1S/C82H139N2O6P/c1-6-8-10-12-14-16-18-20-22-24-26-28-30-32-34-36-38-39-40-41-42-43-44-45-46-48-50-52-54-56-58-60-62-64-66-68-70-72-74-76-82(86)83-80(79-90-91(87,88)89-78-77-84(3,4)5)81(85)75-73-71-69-67-65-63-61-59-57-55-53-51-49-47-37-35-33-31-29-27-25-23-21-19-17-15-13-11-9-7-2/h8,10,14,16,20,22,26,28,32,34,38-39,41-42,44-45,48,50,54,56-57,59-60,62,65,67,73,75,80-81,85H,6-7,9,11-13,15,17-19,21,23-25,27,29-31,33,35-37,40,43,46-47,49,51-53,55,58,61,63-64,66,68-72,74,76-79H2,1-5H3,(H-,83,86,87,88)/b10-8-,16-14-,22-20-,28-26-,34-32-,39-38-,42-41-,45-44-,50-48-,56-54-,59-57+,62-60-,67-65+,75-73+. The monoisotopic (exact) mass is 1280 g/mol. The summed E-state index contributed by atoms with van der Waals surface area (Å²) >= 11 is 0. The number of unbranched alkanes of at least 4 members (excludes halogenated alkanes) is 27. The topological polar surface area (TPSA) is 108 Å². The Bertz CT molecular complexity index is 2090. The number of allylic oxidation sites excluding steroid dienone is 27. The lowest BCUT2D eigenvalue weighted by atomic mass is 10.0. The van der Waals surface area contributed by atoms with Crippen molar-refractivity contribution in [2.75, 3.05) is 40.9 Å². The third-order valence-electron chi connectivity index (χ3n) is 15.6. The molecule has 0 aliphatic heterocycles. The van der Waals surface area contributed by atoms with Crippen LogP contribution >= 0.6 is 7.82 Å². The molecule has 9 heteroatoms. The number of aliphatic hydroxyl groups is 1. The number of carbonyl (C=O) groups excluding carboxylic acids is 1. The van der Waals surface area contributed by atoms with Gasteiger partial charge in [0, 0.05) is 6.42 Å². The fraction of sp³-hybridized carbons (Fsp3) is 0.646. The van der Waals surface area contributed by atoms with E-state index in [9.17, 15) is 19.4 Å². The fourth-order valence-electron chi connectivity index (χ4n) is 9.96. The van der Waals surface area contributed by atoms with E-state index in [-0.39, 0.29) is 12.5 Å². The third kappa shape index (κ3) is 73.1. The molecule has 0 heterocycles. The van der Waals surface area contributed by atoms with E-state index in [2.05, 4.69) is 177 Å². The van der Waals surface area contributed by atoms with Crippen LogP contribution in [-0.4, -0.2) is 68.5 Å². The molecule has 91 heavy (non-hydrogen) atoms. The maximum atomic E-state index is 13.0. The Morgan fingerprint density at radius 2 is 0.681 bits per heavy atom. The van der Waals surface area contributed by atoms with E-state index in [1.807, 2.05) is 27.2 Å². The quantitative estimate of drug-likeness (QED) is 0.0272. The van der Waals surface area contributed by atoms with Gasteiger partial charge in [0.25, 0.3) is 7.82 Å². The van der Waals surface area contributed by atoms with Crippen LogP contribution < -0.4 is 10.2 Å². The zero-order valence-corrected chi connectivity index (χ0v) is 60.1. The molecule has 0 aliphatic carbocycles. The number of nitrogens with zero attached hydrogens (tertiary/aromatic N) is 1. The molecule has 8 nitrogen and oxygen atoms in total. The minimum atomic E-state index is -4.64. The molecule has 0 aromatic heterocycles. The van der Waals surface area contributed by atoms with Crippen molar-refractivity contribution in [1.29, 1.82) is 0 Å². The Balaban J connectivity index is 4.23. The van der Waals surface area contributed by atoms with Gasteiger partial charge in [0.15, 0.2) is 0 Å². The number of phosphoric ester groups is 1. The molecule has 0 aliphatic rings. The highest BCUT2D eigenvalue weighted by molar-refractivity contribution is 7.45. The van der Waals surface area contributed by atoms with Crippen molar-refractivity contribution in [1.82, 2.24) is 5.32 Å². The number of amides is 1. The molecule has 0 rings (SSSR count). The smallest absolute Gasteiger partial charge is 0.268 e. The van der Waals surface area contributed by atoms with E-state index < -0.39 is 26.6 Å². The first kappa shape index (κ1) is 86.9. The lowest BCUT2D eigenvalue weighted by Gasteiger charge is -2.29.